The molecule has 4 heteroatoms. The normalized spacial score (nSPS) is 15.0. The lowest BCUT2D eigenvalue weighted by Gasteiger charge is -2.15. The van der Waals surface area contributed by atoms with Crippen LogP contribution in [0, 0.1) is 0 Å². The average Bonchev–Trinajstić information content (AvgIpc) is 2.20. The highest BCUT2D eigenvalue weighted by Gasteiger charge is 2.24. The monoisotopic (exact) mass is 230 g/mol. The fourth-order valence-corrected chi connectivity index (χ4v) is 5.10. The summed E-state index contributed by atoms with van der Waals surface area (Å²) >= 11 is 1.39. The largest absolute Gasteiger partial charge is 0.318 e. The minimum Gasteiger partial charge on any atom is -0.318 e. The summed E-state index contributed by atoms with van der Waals surface area (Å²) in [5.41, 5.74) is 0. The first-order valence-electron chi connectivity index (χ1n) is 4.67. The molecule has 1 atom stereocenters. The van der Waals surface area contributed by atoms with E-state index in [1.54, 1.807) is 0 Å². The van der Waals surface area contributed by atoms with Crippen LogP contribution >= 0.6 is 18.0 Å². The summed E-state index contributed by atoms with van der Waals surface area (Å²) in [5.74, 6) is 0.798. The molecule has 0 N–H and O–H groups in total. The van der Waals surface area contributed by atoms with Crippen LogP contribution in [-0.4, -0.2) is 12.4 Å². The third-order valence-corrected chi connectivity index (χ3v) is 6.54. The van der Waals surface area contributed by atoms with E-state index in [1.807, 2.05) is 44.2 Å². The van der Waals surface area contributed by atoms with Gasteiger partial charge in [-0.2, -0.15) is 0 Å². The molecule has 1 aromatic rings. The van der Waals surface area contributed by atoms with Crippen LogP contribution in [0.3, 0.4) is 0 Å². The molecule has 1 aromatic carbocycles. The van der Waals surface area contributed by atoms with Crippen LogP contribution in [0.25, 0.3) is 0 Å². The molecule has 0 spiro atoms. The molecule has 78 valence electrons. The molecule has 2 nitrogen and oxygen atoms in total. The molecule has 0 aliphatic carbocycles. The molecule has 0 fully saturated rings. The van der Waals surface area contributed by atoms with Gasteiger partial charge >= 0.3 is 0 Å². The predicted octanol–water partition coefficient (Wildman–Crippen LogP) is 3.29. The van der Waals surface area contributed by atoms with E-state index in [9.17, 15) is 4.57 Å². The van der Waals surface area contributed by atoms with Crippen molar-refractivity contribution in [2.45, 2.75) is 13.8 Å². The first-order chi connectivity index (χ1) is 6.73. The first-order valence-corrected chi connectivity index (χ1v) is 7.89. The fourth-order valence-electron chi connectivity index (χ4n) is 1.14. The Morgan fingerprint density at radius 2 is 1.93 bits per heavy atom. The maximum Gasteiger partial charge on any atom is 0.287 e. The van der Waals surface area contributed by atoms with Crippen LogP contribution in [0.4, 0.5) is 0 Å². The number of rotatable bonds is 5. The van der Waals surface area contributed by atoms with Gasteiger partial charge in [-0.15, -0.1) is 0 Å². The second-order valence-electron chi connectivity index (χ2n) is 2.67. The zero-order chi connectivity index (χ0) is 10.4. The molecule has 14 heavy (non-hydrogen) atoms. The fraction of sp³-hybridized carbons (Fsp3) is 0.400. The van der Waals surface area contributed by atoms with Gasteiger partial charge in [0.2, 0.25) is 0 Å². The van der Waals surface area contributed by atoms with Gasteiger partial charge in [-0.25, -0.2) is 0 Å². The lowest BCUT2D eigenvalue weighted by molar-refractivity contribution is 0.353. The number of benzene rings is 1. The summed E-state index contributed by atoms with van der Waals surface area (Å²) in [6.45, 7) is 1.68. The van der Waals surface area contributed by atoms with Crippen LogP contribution in [0.2, 0.25) is 0 Å². The van der Waals surface area contributed by atoms with Gasteiger partial charge < -0.3 is 4.52 Å². The van der Waals surface area contributed by atoms with Crippen molar-refractivity contribution in [3.8, 4) is 0 Å². The van der Waals surface area contributed by atoms with E-state index in [2.05, 4.69) is 0 Å². The number of hydrogen-bond donors (Lipinski definition) is 0. The Balaban J connectivity index is 2.94. The zero-order valence-electron chi connectivity index (χ0n) is 8.47. The molecule has 1 rings (SSSR count). The van der Waals surface area contributed by atoms with Gasteiger partial charge in [0, 0.05) is 5.30 Å². The van der Waals surface area contributed by atoms with Crippen LogP contribution in [0.1, 0.15) is 13.8 Å². The van der Waals surface area contributed by atoms with Gasteiger partial charge in [-0.05, 0) is 24.8 Å². The van der Waals surface area contributed by atoms with Crippen molar-refractivity contribution >= 4 is 23.3 Å². The Bertz CT molecular complexity index is 303. The smallest absolute Gasteiger partial charge is 0.287 e. The van der Waals surface area contributed by atoms with Gasteiger partial charge in [0.05, 0.1) is 6.61 Å². The van der Waals surface area contributed by atoms with Gasteiger partial charge in [-0.1, -0.05) is 36.5 Å². The van der Waals surface area contributed by atoms with E-state index in [-0.39, 0.29) is 0 Å². The minimum absolute atomic E-state index is 0.485. The van der Waals surface area contributed by atoms with E-state index in [1.165, 1.54) is 11.4 Å². The van der Waals surface area contributed by atoms with E-state index < -0.39 is 6.57 Å². The van der Waals surface area contributed by atoms with Gasteiger partial charge in [0.1, 0.15) is 0 Å². The summed E-state index contributed by atoms with van der Waals surface area (Å²) in [5, 5.41) is 0.800. The first kappa shape index (κ1) is 11.8. The lowest BCUT2D eigenvalue weighted by Crippen LogP contribution is -2.04. The molecular formula is C10H15O2PS. The SMILES string of the molecule is CCOP(=O)(SCC)c1ccccc1. The Kier molecular flexibility index (Phi) is 4.73. The van der Waals surface area contributed by atoms with Crippen LogP contribution in [0.5, 0.6) is 0 Å². The van der Waals surface area contributed by atoms with Crippen molar-refractivity contribution in [3.63, 3.8) is 0 Å². The van der Waals surface area contributed by atoms with Crippen LogP contribution in [-0.2, 0) is 9.09 Å². The van der Waals surface area contributed by atoms with Crippen molar-refractivity contribution < 1.29 is 9.09 Å². The summed E-state index contributed by atoms with van der Waals surface area (Å²) in [6, 6.07) is 9.41. The maximum absolute atomic E-state index is 12.4. The maximum atomic E-state index is 12.4. The predicted molar refractivity (Wildman–Crippen MR) is 63.4 cm³/mol. The third kappa shape index (κ3) is 2.88. The molecular weight excluding hydrogens is 215 g/mol. The highest BCUT2D eigenvalue weighted by Crippen LogP contribution is 2.58. The van der Waals surface area contributed by atoms with Crippen molar-refractivity contribution in [1.29, 1.82) is 0 Å². The van der Waals surface area contributed by atoms with E-state index in [4.69, 9.17) is 4.52 Å². The Hall–Kier alpha value is -0.240. The third-order valence-electron chi connectivity index (χ3n) is 1.67. The quantitative estimate of drug-likeness (QED) is 0.726. The van der Waals surface area contributed by atoms with Gasteiger partial charge in [0.25, 0.3) is 6.57 Å². The van der Waals surface area contributed by atoms with Crippen molar-refractivity contribution in [2.75, 3.05) is 12.4 Å². The summed E-state index contributed by atoms with van der Waals surface area (Å²) < 4.78 is 17.7. The summed E-state index contributed by atoms with van der Waals surface area (Å²) in [6.07, 6.45) is 0. The summed E-state index contributed by atoms with van der Waals surface area (Å²) in [7, 11) is 0. The molecule has 0 amide bonds. The standard InChI is InChI=1S/C10H15O2PS/c1-3-12-13(11,14-4-2)10-8-6-5-7-9-10/h5-9H,3-4H2,1-2H3. The second-order valence-corrected chi connectivity index (χ2v) is 7.49. The molecule has 1 unspecified atom stereocenters. The Morgan fingerprint density at radius 3 is 2.43 bits per heavy atom. The topological polar surface area (TPSA) is 26.3 Å². The molecule has 0 bridgehead atoms. The Morgan fingerprint density at radius 1 is 1.29 bits per heavy atom. The molecule has 0 aliphatic rings. The lowest BCUT2D eigenvalue weighted by atomic mass is 10.4. The van der Waals surface area contributed by atoms with Crippen molar-refractivity contribution in [2.24, 2.45) is 0 Å². The van der Waals surface area contributed by atoms with Gasteiger partial charge in [-0.3, -0.25) is 4.57 Å². The molecule has 0 saturated carbocycles. The molecule has 0 aromatic heterocycles. The van der Waals surface area contributed by atoms with E-state index in [0.717, 1.165) is 11.1 Å². The van der Waals surface area contributed by atoms with Crippen molar-refractivity contribution in [1.82, 2.24) is 0 Å². The average molecular weight is 230 g/mol. The summed E-state index contributed by atoms with van der Waals surface area (Å²) in [4.78, 5) is 0. The zero-order valence-corrected chi connectivity index (χ0v) is 10.2. The second kappa shape index (κ2) is 5.59. The van der Waals surface area contributed by atoms with Crippen LogP contribution in [0.15, 0.2) is 30.3 Å². The molecule has 0 aliphatic heterocycles. The highest BCUT2D eigenvalue weighted by molar-refractivity contribution is 8.58. The van der Waals surface area contributed by atoms with Crippen LogP contribution < -0.4 is 5.30 Å². The minimum atomic E-state index is -2.66. The van der Waals surface area contributed by atoms with E-state index in [0.29, 0.717) is 6.61 Å². The van der Waals surface area contributed by atoms with Gasteiger partial charge in [0.15, 0.2) is 0 Å². The molecule has 0 radical (unpaired) electrons. The highest BCUT2D eigenvalue weighted by atomic mass is 32.7. The number of hydrogen-bond acceptors (Lipinski definition) is 3. The van der Waals surface area contributed by atoms with Crippen molar-refractivity contribution in [3.05, 3.63) is 30.3 Å². The Labute approximate surface area is 89.3 Å². The van der Waals surface area contributed by atoms with E-state index >= 15 is 0 Å². The molecule has 0 heterocycles. The molecule has 0 saturated heterocycles.